The Kier molecular flexibility index (Phi) is 4.33. The van der Waals surface area contributed by atoms with Crippen LogP contribution in [0, 0.1) is 11.8 Å². The lowest BCUT2D eigenvalue weighted by Gasteiger charge is -2.05. The molecule has 5 heteroatoms. The molecular weight excluding hydrogens is 230 g/mol. The molecule has 92 valence electrons. The molecule has 2 heterocycles. The maximum atomic E-state index is 8.61. The van der Waals surface area contributed by atoms with Crippen molar-refractivity contribution in [1.82, 2.24) is 14.8 Å². The molecule has 2 rings (SSSR count). The van der Waals surface area contributed by atoms with Crippen molar-refractivity contribution in [2.24, 2.45) is 0 Å². The second kappa shape index (κ2) is 6.42. The fraction of sp³-hybridized carbons (Fsp3) is 0.231. The van der Waals surface area contributed by atoms with Gasteiger partial charge in [-0.15, -0.1) is 0 Å². The lowest BCUT2D eigenvalue weighted by atomic mass is 10.3. The van der Waals surface area contributed by atoms with Crippen LogP contribution in [-0.2, 0) is 6.54 Å². The maximum Gasteiger partial charge on any atom is 0.138 e. The van der Waals surface area contributed by atoms with Gasteiger partial charge in [-0.25, -0.2) is 0 Å². The van der Waals surface area contributed by atoms with Gasteiger partial charge in [-0.1, -0.05) is 11.8 Å². The van der Waals surface area contributed by atoms with Crippen LogP contribution < -0.4 is 4.74 Å². The van der Waals surface area contributed by atoms with E-state index < -0.39 is 0 Å². The van der Waals surface area contributed by atoms with Crippen LogP contribution in [0.25, 0.3) is 0 Å². The van der Waals surface area contributed by atoms with Gasteiger partial charge in [0.25, 0.3) is 0 Å². The monoisotopic (exact) mass is 243 g/mol. The van der Waals surface area contributed by atoms with E-state index in [4.69, 9.17) is 9.84 Å². The fourth-order valence-corrected chi connectivity index (χ4v) is 1.40. The lowest BCUT2D eigenvalue weighted by molar-refractivity contribution is 0.290. The molecule has 0 aromatic carbocycles. The van der Waals surface area contributed by atoms with Gasteiger partial charge in [-0.05, 0) is 12.1 Å². The first-order valence-corrected chi connectivity index (χ1v) is 5.53. The minimum absolute atomic E-state index is 0.162. The Hall–Kier alpha value is -2.32. The van der Waals surface area contributed by atoms with Crippen molar-refractivity contribution in [3.8, 4) is 17.6 Å². The number of nitrogens with zero attached hydrogens (tertiary/aromatic N) is 3. The van der Waals surface area contributed by atoms with E-state index in [1.807, 2.05) is 12.3 Å². The molecule has 2 aromatic heterocycles. The van der Waals surface area contributed by atoms with E-state index in [-0.39, 0.29) is 6.61 Å². The summed E-state index contributed by atoms with van der Waals surface area (Å²) >= 11 is 0. The van der Waals surface area contributed by atoms with Crippen molar-refractivity contribution < 1.29 is 9.84 Å². The summed E-state index contributed by atoms with van der Waals surface area (Å²) in [5.41, 5.74) is 0.723. The Morgan fingerprint density at radius 3 is 3.11 bits per heavy atom. The predicted octanol–water partition coefficient (Wildman–Crippen LogP) is 0.701. The van der Waals surface area contributed by atoms with Crippen LogP contribution in [0.3, 0.4) is 0 Å². The Morgan fingerprint density at radius 2 is 2.33 bits per heavy atom. The van der Waals surface area contributed by atoms with Crippen molar-refractivity contribution in [1.29, 1.82) is 0 Å². The van der Waals surface area contributed by atoms with E-state index in [0.717, 1.165) is 5.56 Å². The second-order valence-electron chi connectivity index (χ2n) is 3.49. The Balaban J connectivity index is 1.89. The van der Waals surface area contributed by atoms with Gasteiger partial charge in [0.05, 0.1) is 12.7 Å². The summed E-state index contributed by atoms with van der Waals surface area (Å²) in [6.45, 7) is 1.03. The maximum absolute atomic E-state index is 8.61. The van der Waals surface area contributed by atoms with Crippen LogP contribution in [0.1, 0.15) is 5.56 Å². The summed E-state index contributed by atoms with van der Waals surface area (Å²) in [7, 11) is 0. The first kappa shape index (κ1) is 12.1. The smallest absolute Gasteiger partial charge is 0.138 e. The largest absolute Gasteiger partial charge is 0.490 e. The van der Waals surface area contributed by atoms with E-state index in [2.05, 4.69) is 21.9 Å². The molecule has 0 atom stereocenters. The number of hydrogen-bond acceptors (Lipinski definition) is 4. The van der Waals surface area contributed by atoms with E-state index in [1.54, 1.807) is 29.3 Å². The quantitative estimate of drug-likeness (QED) is 0.803. The van der Waals surface area contributed by atoms with E-state index in [0.29, 0.717) is 18.9 Å². The van der Waals surface area contributed by atoms with E-state index in [1.165, 1.54) is 0 Å². The number of aliphatic hydroxyl groups excluding tert-OH is 1. The highest BCUT2D eigenvalue weighted by atomic mass is 16.5. The van der Waals surface area contributed by atoms with E-state index >= 15 is 0 Å². The van der Waals surface area contributed by atoms with Gasteiger partial charge >= 0.3 is 0 Å². The highest BCUT2D eigenvalue weighted by Crippen LogP contribution is 2.10. The SMILES string of the molecule is OCC#Cc1cncc(OCCn2cccn2)c1. The first-order chi connectivity index (χ1) is 8.88. The van der Waals surface area contributed by atoms with Crippen LogP contribution in [-0.4, -0.2) is 33.1 Å². The minimum Gasteiger partial charge on any atom is -0.490 e. The molecule has 18 heavy (non-hydrogen) atoms. The van der Waals surface area contributed by atoms with Crippen LogP contribution in [0.4, 0.5) is 0 Å². The molecule has 1 N–H and O–H groups in total. The van der Waals surface area contributed by atoms with Crippen molar-refractivity contribution in [2.45, 2.75) is 6.54 Å². The third-order valence-electron chi connectivity index (χ3n) is 2.17. The summed E-state index contributed by atoms with van der Waals surface area (Å²) in [6.07, 6.45) is 6.87. The normalized spacial score (nSPS) is 9.61. The number of pyridine rings is 1. The zero-order valence-corrected chi connectivity index (χ0v) is 9.78. The molecule has 0 unspecified atom stereocenters. The molecule has 0 spiro atoms. The molecule has 0 bridgehead atoms. The Bertz CT molecular complexity index is 541. The third kappa shape index (κ3) is 3.61. The number of rotatable bonds is 4. The summed E-state index contributed by atoms with van der Waals surface area (Å²) < 4.78 is 7.34. The average molecular weight is 243 g/mol. The van der Waals surface area contributed by atoms with Gasteiger partial charge in [-0.2, -0.15) is 5.10 Å². The van der Waals surface area contributed by atoms with Gasteiger partial charge in [0.15, 0.2) is 0 Å². The topological polar surface area (TPSA) is 60.2 Å². The molecule has 0 fully saturated rings. The van der Waals surface area contributed by atoms with Crippen molar-refractivity contribution in [2.75, 3.05) is 13.2 Å². The average Bonchev–Trinajstić information content (AvgIpc) is 2.90. The van der Waals surface area contributed by atoms with Gasteiger partial charge in [-0.3, -0.25) is 9.67 Å². The molecule has 0 aliphatic carbocycles. The second-order valence-corrected chi connectivity index (χ2v) is 3.49. The summed E-state index contributed by atoms with van der Waals surface area (Å²) in [5, 5.41) is 12.7. The van der Waals surface area contributed by atoms with E-state index in [9.17, 15) is 0 Å². The number of ether oxygens (including phenoxy) is 1. The third-order valence-corrected chi connectivity index (χ3v) is 2.17. The highest BCUT2D eigenvalue weighted by Gasteiger charge is 1.96. The zero-order chi connectivity index (χ0) is 12.6. The van der Waals surface area contributed by atoms with Crippen LogP contribution in [0.5, 0.6) is 5.75 Å². The molecule has 0 aliphatic heterocycles. The lowest BCUT2D eigenvalue weighted by Crippen LogP contribution is -2.08. The van der Waals surface area contributed by atoms with Crippen molar-refractivity contribution in [3.63, 3.8) is 0 Å². The molecule has 0 aliphatic rings. The fourth-order valence-electron chi connectivity index (χ4n) is 1.40. The molecule has 0 amide bonds. The molecule has 0 saturated carbocycles. The van der Waals surface area contributed by atoms with Gasteiger partial charge in [0.2, 0.25) is 0 Å². The van der Waals surface area contributed by atoms with Crippen molar-refractivity contribution in [3.05, 3.63) is 42.5 Å². The highest BCUT2D eigenvalue weighted by molar-refractivity contribution is 5.36. The predicted molar refractivity (Wildman–Crippen MR) is 65.9 cm³/mol. The molecular formula is C13H13N3O2. The molecule has 2 aromatic rings. The minimum atomic E-state index is -0.162. The number of aliphatic hydroxyl groups is 1. The molecule has 5 nitrogen and oxygen atoms in total. The number of hydrogen-bond donors (Lipinski definition) is 1. The van der Waals surface area contributed by atoms with Gasteiger partial charge in [0, 0.05) is 24.2 Å². The standard InChI is InChI=1S/C13H13N3O2/c17-7-1-3-12-9-13(11-14-10-12)18-8-6-16-5-2-4-15-16/h2,4-5,9-11,17H,6-8H2. The van der Waals surface area contributed by atoms with Crippen LogP contribution in [0.2, 0.25) is 0 Å². The molecule has 0 radical (unpaired) electrons. The Morgan fingerprint density at radius 1 is 1.39 bits per heavy atom. The van der Waals surface area contributed by atoms with Gasteiger partial charge in [0.1, 0.15) is 19.0 Å². The summed E-state index contributed by atoms with van der Waals surface area (Å²) in [5.74, 6) is 6.00. The summed E-state index contributed by atoms with van der Waals surface area (Å²) in [6, 6.07) is 3.66. The summed E-state index contributed by atoms with van der Waals surface area (Å²) in [4.78, 5) is 4.02. The zero-order valence-electron chi connectivity index (χ0n) is 9.78. The van der Waals surface area contributed by atoms with Crippen LogP contribution in [0.15, 0.2) is 36.9 Å². The van der Waals surface area contributed by atoms with Gasteiger partial charge < -0.3 is 9.84 Å². The first-order valence-electron chi connectivity index (χ1n) is 5.53. The number of aromatic nitrogens is 3. The molecule has 0 saturated heterocycles. The van der Waals surface area contributed by atoms with Crippen LogP contribution >= 0.6 is 0 Å². The Labute approximate surface area is 105 Å². The van der Waals surface area contributed by atoms with Crippen molar-refractivity contribution >= 4 is 0 Å².